The molecule has 0 amide bonds. The molecular formula is C16H14N2O. The van der Waals surface area contributed by atoms with Crippen molar-refractivity contribution in [1.82, 2.24) is 9.55 Å². The zero-order chi connectivity index (χ0) is 13.2. The minimum atomic E-state index is 0.158. The van der Waals surface area contributed by atoms with E-state index in [0.29, 0.717) is 6.42 Å². The lowest BCUT2D eigenvalue weighted by Crippen LogP contribution is -1.96. The molecule has 0 aliphatic carbocycles. The summed E-state index contributed by atoms with van der Waals surface area (Å²) in [5, 5.41) is 0.986. The van der Waals surface area contributed by atoms with Crippen LogP contribution in [0.25, 0.3) is 16.7 Å². The first kappa shape index (κ1) is 11.7. The molecule has 0 bridgehead atoms. The first-order valence-corrected chi connectivity index (χ1v) is 6.36. The smallest absolute Gasteiger partial charge is 0.164 e. The Bertz CT molecular complexity index is 729. The van der Waals surface area contributed by atoms with Gasteiger partial charge in [0, 0.05) is 29.8 Å². The monoisotopic (exact) mass is 250 g/mol. The Labute approximate surface area is 111 Å². The molecule has 0 aliphatic heterocycles. The molecule has 3 nitrogen and oxygen atoms in total. The van der Waals surface area contributed by atoms with E-state index < -0.39 is 0 Å². The largest absolute Gasteiger partial charge is 0.300 e. The van der Waals surface area contributed by atoms with Gasteiger partial charge in [0.05, 0.1) is 5.52 Å². The number of carbonyl (C=O) groups excluding carboxylic acids is 1. The van der Waals surface area contributed by atoms with Crippen LogP contribution in [0.4, 0.5) is 0 Å². The second-order valence-electron chi connectivity index (χ2n) is 4.39. The second-order valence-corrected chi connectivity index (χ2v) is 4.39. The maximum atomic E-state index is 12.0. The van der Waals surface area contributed by atoms with Crippen LogP contribution in [0.3, 0.4) is 0 Å². The summed E-state index contributed by atoms with van der Waals surface area (Å²) in [6.45, 7) is 1.88. The Morgan fingerprint density at radius 2 is 1.95 bits per heavy atom. The molecule has 19 heavy (non-hydrogen) atoms. The molecule has 0 spiro atoms. The highest BCUT2D eigenvalue weighted by molar-refractivity contribution is 6.08. The van der Waals surface area contributed by atoms with Gasteiger partial charge in [-0.15, -0.1) is 0 Å². The second kappa shape index (κ2) is 4.69. The van der Waals surface area contributed by atoms with Crippen molar-refractivity contribution in [2.45, 2.75) is 13.3 Å². The van der Waals surface area contributed by atoms with Gasteiger partial charge in [0.15, 0.2) is 5.78 Å². The van der Waals surface area contributed by atoms with Gasteiger partial charge in [-0.2, -0.15) is 0 Å². The lowest BCUT2D eigenvalue weighted by molar-refractivity contribution is 0.0989. The molecule has 94 valence electrons. The zero-order valence-corrected chi connectivity index (χ0v) is 10.7. The third kappa shape index (κ3) is 1.93. The van der Waals surface area contributed by atoms with Crippen molar-refractivity contribution in [2.24, 2.45) is 0 Å². The fraction of sp³-hybridized carbons (Fsp3) is 0.125. The van der Waals surface area contributed by atoms with Crippen LogP contribution in [0.15, 0.2) is 54.9 Å². The first-order valence-electron chi connectivity index (χ1n) is 6.36. The summed E-state index contributed by atoms with van der Waals surface area (Å²) in [6.07, 6.45) is 4.15. The van der Waals surface area contributed by atoms with E-state index in [1.807, 2.05) is 60.2 Å². The number of nitrogens with zero attached hydrogens (tertiary/aromatic N) is 2. The maximum Gasteiger partial charge on any atom is 0.164 e. The summed E-state index contributed by atoms with van der Waals surface area (Å²) in [7, 11) is 0. The van der Waals surface area contributed by atoms with Gasteiger partial charge in [0.1, 0.15) is 5.82 Å². The van der Waals surface area contributed by atoms with Gasteiger partial charge in [0.2, 0.25) is 0 Å². The number of Topliss-reactive ketones (excluding diaryl/α,β-unsaturated/α-hetero) is 1. The van der Waals surface area contributed by atoms with Crippen LogP contribution in [0.5, 0.6) is 0 Å². The summed E-state index contributed by atoms with van der Waals surface area (Å²) in [6, 6.07) is 13.7. The molecule has 0 radical (unpaired) electrons. The molecule has 0 N–H and O–H groups in total. The molecule has 0 fully saturated rings. The Balaban J connectivity index is 2.29. The van der Waals surface area contributed by atoms with Crippen molar-refractivity contribution in [2.75, 3.05) is 0 Å². The minimum absolute atomic E-state index is 0.158. The fourth-order valence-corrected chi connectivity index (χ4v) is 2.28. The van der Waals surface area contributed by atoms with Crippen LogP contribution in [-0.2, 0) is 0 Å². The molecule has 0 atom stereocenters. The number of carbonyl (C=O) groups is 1. The average Bonchev–Trinajstić information content (AvgIpc) is 2.87. The van der Waals surface area contributed by atoms with Crippen molar-refractivity contribution in [3.05, 3.63) is 60.4 Å². The standard InChI is InChI=1S/C16H14N2O/c1-2-15(19)13-11-18(16-9-5-6-10-17-16)14-8-4-3-7-12(13)14/h3-11H,2H2,1H3. The Hall–Kier alpha value is -2.42. The molecule has 2 aromatic heterocycles. The number of pyridine rings is 1. The van der Waals surface area contributed by atoms with Crippen molar-refractivity contribution in [3.8, 4) is 5.82 Å². The van der Waals surface area contributed by atoms with Crippen molar-refractivity contribution in [3.63, 3.8) is 0 Å². The summed E-state index contributed by atoms with van der Waals surface area (Å²) in [5.41, 5.74) is 1.78. The number of hydrogen-bond acceptors (Lipinski definition) is 2. The maximum absolute atomic E-state index is 12.0. The Kier molecular flexibility index (Phi) is 2.88. The molecule has 2 heterocycles. The molecule has 1 aromatic carbocycles. The van der Waals surface area contributed by atoms with Crippen molar-refractivity contribution < 1.29 is 4.79 Å². The van der Waals surface area contributed by atoms with E-state index >= 15 is 0 Å². The predicted molar refractivity (Wildman–Crippen MR) is 75.7 cm³/mol. The van der Waals surface area contributed by atoms with E-state index in [9.17, 15) is 4.79 Å². The molecular weight excluding hydrogens is 236 g/mol. The summed E-state index contributed by atoms with van der Waals surface area (Å²) in [5.74, 6) is 0.986. The number of para-hydroxylation sites is 1. The fourth-order valence-electron chi connectivity index (χ4n) is 2.28. The molecule has 3 rings (SSSR count). The zero-order valence-electron chi connectivity index (χ0n) is 10.7. The van der Waals surface area contributed by atoms with Gasteiger partial charge >= 0.3 is 0 Å². The molecule has 0 unspecified atom stereocenters. The Morgan fingerprint density at radius 3 is 2.68 bits per heavy atom. The van der Waals surface area contributed by atoms with Crippen molar-refractivity contribution >= 4 is 16.7 Å². The number of benzene rings is 1. The quantitative estimate of drug-likeness (QED) is 0.665. The number of fused-ring (bicyclic) bond motifs is 1. The predicted octanol–water partition coefficient (Wildman–Crippen LogP) is 3.62. The average molecular weight is 250 g/mol. The highest BCUT2D eigenvalue weighted by Crippen LogP contribution is 2.24. The topological polar surface area (TPSA) is 34.9 Å². The van der Waals surface area contributed by atoms with Crippen LogP contribution in [0.2, 0.25) is 0 Å². The molecule has 0 saturated heterocycles. The summed E-state index contributed by atoms with van der Waals surface area (Å²) >= 11 is 0. The van der Waals surface area contributed by atoms with E-state index in [4.69, 9.17) is 0 Å². The molecule has 0 aliphatic rings. The molecule has 3 heteroatoms. The minimum Gasteiger partial charge on any atom is -0.300 e. The van der Waals surface area contributed by atoms with Gasteiger partial charge < -0.3 is 4.57 Å². The van der Waals surface area contributed by atoms with E-state index in [0.717, 1.165) is 22.3 Å². The van der Waals surface area contributed by atoms with Gasteiger partial charge in [-0.25, -0.2) is 4.98 Å². The molecule has 3 aromatic rings. The summed E-state index contributed by atoms with van der Waals surface area (Å²) in [4.78, 5) is 16.4. The lowest BCUT2D eigenvalue weighted by atomic mass is 10.1. The number of aromatic nitrogens is 2. The van der Waals surface area contributed by atoms with Crippen LogP contribution < -0.4 is 0 Å². The molecule has 0 saturated carbocycles. The SMILES string of the molecule is CCC(=O)c1cn(-c2ccccn2)c2ccccc12. The van der Waals surface area contributed by atoms with Crippen molar-refractivity contribution in [1.29, 1.82) is 0 Å². The van der Waals surface area contributed by atoms with Crippen LogP contribution in [0.1, 0.15) is 23.7 Å². The lowest BCUT2D eigenvalue weighted by Gasteiger charge is -2.02. The van der Waals surface area contributed by atoms with E-state index in [-0.39, 0.29) is 5.78 Å². The highest BCUT2D eigenvalue weighted by Gasteiger charge is 2.14. The van der Waals surface area contributed by atoms with E-state index in [1.165, 1.54) is 0 Å². The van der Waals surface area contributed by atoms with Gasteiger partial charge in [-0.1, -0.05) is 31.2 Å². The third-order valence-corrected chi connectivity index (χ3v) is 3.23. The third-order valence-electron chi connectivity index (χ3n) is 3.23. The Morgan fingerprint density at radius 1 is 1.16 bits per heavy atom. The highest BCUT2D eigenvalue weighted by atomic mass is 16.1. The normalized spacial score (nSPS) is 10.8. The van der Waals surface area contributed by atoms with Gasteiger partial charge in [-0.05, 0) is 18.2 Å². The van der Waals surface area contributed by atoms with Gasteiger partial charge in [-0.3, -0.25) is 4.79 Å². The van der Waals surface area contributed by atoms with Crippen LogP contribution >= 0.6 is 0 Å². The number of ketones is 1. The summed E-state index contributed by atoms with van der Waals surface area (Å²) < 4.78 is 1.97. The van der Waals surface area contributed by atoms with Crippen LogP contribution in [-0.4, -0.2) is 15.3 Å². The van der Waals surface area contributed by atoms with E-state index in [1.54, 1.807) is 6.20 Å². The van der Waals surface area contributed by atoms with Crippen LogP contribution in [0, 0.1) is 0 Å². The first-order chi connectivity index (χ1) is 9.31. The number of rotatable bonds is 3. The number of hydrogen-bond donors (Lipinski definition) is 0. The van der Waals surface area contributed by atoms with E-state index in [2.05, 4.69) is 4.98 Å². The van der Waals surface area contributed by atoms with Gasteiger partial charge in [0.25, 0.3) is 0 Å².